The highest BCUT2D eigenvalue weighted by atomic mass is 32.1. The Balaban J connectivity index is 1.98. The Morgan fingerprint density at radius 3 is 2.79 bits per heavy atom. The average molecular weight is 342 g/mol. The van der Waals surface area contributed by atoms with Crippen molar-refractivity contribution in [1.82, 2.24) is 14.8 Å². The molecule has 0 saturated heterocycles. The number of rotatable bonds is 6. The highest BCUT2D eigenvalue weighted by Crippen LogP contribution is 2.37. The number of anilines is 1. The van der Waals surface area contributed by atoms with E-state index in [4.69, 9.17) is 5.11 Å². The molecule has 0 spiro atoms. The highest BCUT2D eigenvalue weighted by molar-refractivity contribution is 7.16. The molecular formula is C17H18N4O2S. The van der Waals surface area contributed by atoms with Crippen LogP contribution in [0.25, 0.3) is 16.9 Å². The summed E-state index contributed by atoms with van der Waals surface area (Å²) in [5.41, 5.74) is 2.64. The number of nitrogens with zero attached hydrogens (tertiary/aromatic N) is 3. The van der Waals surface area contributed by atoms with Crippen LogP contribution in [0.2, 0.25) is 0 Å². The topological polar surface area (TPSA) is 80.0 Å². The molecule has 1 aromatic carbocycles. The molecule has 1 unspecified atom stereocenters. The van der Waals surface area contributed by atoms with Crippen LogP contribution in [0.1, 0.15) is 24.1 Å². The first-order chi connectivity index (χ1) is 11.6. The smallest absolute Gasteiger partial charge is 0.303 e. The van der Waals surface area contributed by atoms with Crippen LogP contribution >= 0.6 is 11.3 Å². The van der Waals surface area contributed by atoms with Crippen molar-refractivity contribution >= 4 is 22.4 Å². The Morgan fingerprint density at radius 1 is 1.38 bits per heavy atom. The second-order valence-corrected chi connectivity index (χ2v) is 6.52. The number of carboxylic acid groups (broad SMARTS) is 1. The lowest BCUT2D eigenvalue weighted by Gasteiger charge is -2.07. The van der Waals surface area contributed by atoms with Crippen molar-refractivity contribution in [1.29, 1.82) is 0 Å². The lowest BCUT2D eigenvalue weighted by atomic mass is 10.0. The maximum Gasteiger partial charge on any atom is 0.303 e. The van der Waals surface area contributed by atoms with Crippen molar-refractivity contribution in [2.45, 2.75) is 19.3 Å². The van der Waals surface area contributed by atoms with Gasteiger partial charge >= 0.3 is 5.97 Å². The third-order valence-corrected chi connectivity index (χ3v) is 4.98. The zero-order valence-corrected chi connectivity index (χ0v) is 14.2. The van der Waals surface area contributed by atoms with Gasteiger partial charge in [0.1, 0.15) is 0 Å². The van der Waals surface area contributed by atoms with Crippen molar-refractivity contribution in [2.24, 2.45) is 0 Å². The molecule has 3 aromatic rings. The van der Waals surface area contributed by atoms with E-state index in [9.17, 15) is 4.79 Å². The zero-order chi connectivity index (χ0) is 17.1. The van der Waals surface area contributed by atoms with E-state index < -0.39 is 5.97 Å². The summed E-state index contributed by atoms with van der Waals surface area (Å²) >= 11 is 1.49. The van der Waals surface area contributed by atoms with Gasteiger partial charge in [0, 0.05) is 29.6 Å². The molecule has 3 rings (SSSR count). The Hall–Kier alpha value is -2.67. The monoisotopic (exact) mass is 342 g/mol. The summed E-state index contributed by atoms with van der Waals surface area (Å²) in [6.07, 6.45) is 3.75. The fraction of sp³-hybridized carbons (Fsp3) is 0.235. The van der Waals surface area contributed by atoms with Gasteiger partial charge in [0.25, 0.3) is 0 Å². The van der Waals surface area contributed by atoms with Gasteiger partial charge in [0.05, 0.1) is 24.0 Å². The summed E-state index contributed by atoms with van der Waals surface area (Å²) in [5, 5.41) is 17.3. The van der Waals surface area contributed by atoms with Gasteiger partial charge in [0.2, 0.25) is 0 Å². The predicted molar refractivity (Wildman–Crippen MR) is 94.9 cm³/mol. The van der Waals surface area contributed by atoms with Crippen molar-refractivity contribution in [2.75, 3.05) is 12.4 Å². The molecule has 0 fully saturated rings. The summed E-state index contributed by atoms with van der Waals surface area (Å²) in [6.45, 7) is 1.91. The summed E-state index contributed by atoms with van der Waals surface area (Å²) in [4.78, 5) is 16.6. The van der Waals surface area contributed by atoms with Gasteiger partial charge in [0.15, 0.2) is 5.13 Å². The first-order valence-corrected chi connectivity index (χ1v) is 8.41. The molecule has 7 heteroatoms. The minimum Gasteiger partial charge on any atom is -0.481 e. The molecule has 0 saturated carbocycles. The van der Waals surface area contributed by atoms with Gasteiger partial charge in [-0.2, -0.15) is 5.10 Å². The minimum absolute atomic E-state index is 0.0746. The van der Waals surface area contributed by atoms with Gasteiger partial charge in [-0.1, -0.05) is 25.1 Å². The van der Waals surface area contributed by atoms with E-state index >= 15 is 0 Å². The number of hydrogen-bond acceptors (Lipinski definition) is 5. The standard InChI is InChI=1S/C17H18N4O2S/c1-11(8-14(22)23)16-15(20-17(18-2)24-16)12-9-19-21(10-12)13-6-4-3-5-7-13/h3-7,9-11H,8H2,1-2H3,(H,18,20)(H,22,23). The fourth-order valence-corrected chi connectivity index (χ4v) is 3.49. The second kappa shape index (κ2) is 6.84. The molecule has 6 nitrogen and oxygen atoms in total. The van der Waals surface area contributed by atoms with Crippen LogP contribution in [0.5, 0.6) is 0 Å². The maximum atomic E-state index is 11.0. The Kier molecular flexibility index (Phi) is 4.61. The number of para-hydroxylation sites is 1. The molecule has 2 aromatic heterocycles. The second-order valence-electron chi connectivity index (χ2n) is 5.49. The highest BCUT2D eigenvalue weighted by Gasteiger charge is 2.21. The van der Waals surface area contributed by atoms with Gasteiger partial charge in [-0.15, -0.1) is 11.3 Å². The number of nitrogens with one attached hydrogen (secondary N) is 1. The van der Waals surface area contributed by atoms with Crippen molar-refractivity contribution in [3.63, 3.8) is 0 Å². The quantitative estimate of drug-likeness (QED) is 0.715. The first-order valence-electron chi connectivity index (χ1n) is 7.59. The van der Waals surface area contributed by atoms with Crippen LogP contribution in [0.4, 0.5) is 5.13 Å². The van der Waals surface area contributed by atoms with E-state index in [1.165, 1.54) is 11.3 Å². The van der Waals surface area contributed by atoms with E-state index in [1.807, 2.05) is 50.5 Å². The lowest BCUT2D eigenvalue weighted by molar-refractivity contribution is -0.137. The third kappa shape index (κ3) is 3.30. The van der Waals surface area contributed by atoms with E-state index in [2.05, 4.69) is 15.4 Å². The summed E-state index contributed by atoms with van der Waals surface area (Å²) in [6, 6.07) is 9.83. The predicted octanol–water partition coefficient (Wildman–Crippen LogP) is 3.62. The lowest BCUT2D eigenvalue weighted by Crippen LogP contribution is -2.02. The zero-order valence-electron chi connectivity index (χ0n) is 13.4. The van der Waals surface area contributed by atoms with Crippen LogP contribution in [-0.2, 0) is 4.79 Å². The van der Waals surface area contributed by atoms with Crippen molar-refractivity contribution in [3.8, 4) is 16.9 Å². The van der Waals surface area contributed by atoms with E-state index in [1.54, 1.807) is 10.9 Å². The Labute approximate surface area is 143 Å². The summed E-state index contributed by atoms with van der Waals surface area (Å²) in [7, 11) is 1.81. The molecular weight excluding hydrogens is 324 g/mol. The first kappa shape index (κ1) is 16.2. The van der Waals surface area contributed by atoms with Gasteiger partial charge in [-0.05, 0) is 12.1 Å². The number of aliphatic carboxylic acids is 1. The molecule has 0 aliphatic carbocycles. The molecule has 1 atom stereocenters. The molecule has 0 bridgehead atoms. The minimum atomic E-state index is -0.812. The SMILES string of the molecule is CNc1nc(-c2cnn(-c3ccccc3)c2)c(C(C)CC(=O)O)s1. The van der Waals surface area contributed by atoms with Gasteiger partial charge in [-0.25, -0.2) is 9.67 Å². The normalized spacial score (nSPS) is 12.1. The van der Waals surface area contributed by atoms with Crippen LogP contribution in [0.15, 0.2) is 42.7 Å². The molecule has 0 radical (unpaired) electrons. The number of hydrogen-bond donors (Lipinski definition) is 2. The molecule has 2 N–H and O–H groups in total. The largest absolute Gasteiger partial charge is 0.481 e. The summed E-state index contributed by atoms with van der Waals surface area (Å²) < 4.78 is 1.79. The van der Waals surface area contributed by atoms with Crippen LogP contribution < -0.4 is 5.32 Å². The van der Waals surface area contributed by atoms with Gasteiger partial charge in [-0.3, -0.25) is 4.79 Å². The fourth-order valence-electron chi connectivity index (χ4n) is 2.50. The van der Waals surface area contributed by atoms with Crippen LogP contribution in [0, 0.1) is 0 Å². The van der Waals surface area contributed by atoms with Crippen molar-refractivity contribution in [3.05, 3.63) is 47.6 Å². The van der Waals surface area contributed by atoms with Gasteiger partial charge < -0.3 is 10.4 Å². The maximum absolute atomic E-state index is 11.0. The van der Waals surface area contributed by atoms with E-state index in [-0.39, 0.29) is 12.3 Å². The number of aromatic nitrogens is 3. The molecule has 24 heavy (non-hydrogen) atoms. The number of benzene rings is 1. The Morgan fingerprint density at radius 2 is 2.12 bits per heavy atom. The number of thiazole rings is 1. The third-order valence-electron chi connectivity index (χ3n) is 3.67. The molecule has 2 heterocycles. The molecule has 0 aliphatic rings. The molecule has 0 amide bonds. The average Bonchev–Trinajstić information content (AvgIpc) is 3.21. The summed E-state index contributed by atoms with van der Waals surface area (Å²) in [5.74, 6) is -0.926. The molecule has 124 valence electrons. The Bertz CT molecular complexity index is 841. The van der Waals surface area contributed by atoms with Crippen LogP contribution in [0.3, 0.4) is 0 Å². The number of carbonyl (C=O) groups is 1. The molecule has 0 aliphatic heterocycles. The van der Waals surface area contributed by atoms with E-state index in [0.29, 0.717) is 0 Å². The van der Waals surface area contributed by atoms with Crippen LogP contribution in [-0.4, -0.2) is 32.9 Å². The van der Waals surface area contributed by atoms with E-state index in [0.717, 1.165) is 27.0 Å². The number of carboxylic acids is 1. The van der Waals surface area contributed by atoms with Crippen molar-refractivity contribution < 1.29 is 9.90 Å².